The molecule has 0 radical (unpaired) electrons. The third kappa shape index (κ3) is 5.53. The zero-order valence-electron chi connectivity index (χ0n) is 17.0. The van der Waals surface area contributed by atoms with Gasteiger partial charge in [0.05, 0.1) is 15.5 Å². The van der Waals surface area contributed by atoms with E-state index in [2.05, 4.69) is 26.2 Å². The van der Waals surface area contributed by atoms with Crippen LogP contribution in [0, 0.1) is 5.82 Å². The van der Waals surface area contributed by atoms with Crippen LogP contribution in [0.1, 0.15) is 15.4 Å². The van der Waals surface area contributed by atoms with Crippen LogP contribution in [0.4, 0.5) is 4.39 Å². The number of amides is 1. The van der Waals surface area contributed by atoms with Gasteiger partial charge in [0.1, 0.15) is 5.82 Å². The van der Waals surface area contributed by atoms with E-state index in [4.69, 9.17) is 5.14 Å². The number of primary sulfonamides is 1. The van der Waals surface area contributed by atoms with E-state index < -0.39 is 10.0 Å². The molecule has 0 spiro atoms. The SMILES string of the molecule is NS(=O)(=O)c1ccc(-c2nc(C(=O)NCc3ccc(Br)cc3)sc2-c2ccc(F)cc2)cc1. The number of nitrogens with one attached hydrogen (secondary N) is 1. The standard InChI is InChI=1S/C23H17BrFN3O3S2/c24-17-7-1-14(2-8-17)13-27-22(29)23-28-20(15-5-11-19(12-6-15)33(26,30)31)21(32-23)16-3-9-18(25)10-4-16/h1-12H,13H2,(H,27,29)(H2,26,30,31). The number of hydrogen-bond donors (Lipinski definition) is 2. The molecule has 1 aromatic heterocycles. The van der Waals surface area contributed by atoms with Gasteiger partial charge in [-0.3, -0.25) is 4.79 Å². The van der Waals surface area contributed by atoms with Crippen LogP contribution in [0.2, 0.25) is 0 Å². The Bertz CT molecular complexity index is 1400. The number of hydrogen-bond acceptors (Lipinski definition) is 5. The molecular weight excluding hydrogens is 529 g/mol. The minimum Gasteiger partial charge on any atom is -0.346 e. The molecule has 168 valence electrons. The number of carbonyl (C=O) groups is 1. The normalized spacial score (nSPS) is 11.4. The molecule has 0 unspecified atom stereocenters. The summed E-state index contributed by atoms with van der Waals surface area (Å²) in [7, 11) is -3.84. The van der Waals surface area contributed by atoms with E-state index >= 15 is 0 Å². The quantitative estimate of drug-likeness (QED) is 0.357. The Balaban J connectivity index is 1.68. The summed E-state index contributed by atoms with van der Waals surface area (Å²) in [6.45, 7) is 0.329. The molecule has 0 aliphatic rings. The first-order chi connectivity index (χ1) is 15.7. The second-order valence-corrected chi connectivity index (χ2v) is 10.6. The third-order valence-corrected chi connectivity index (χ3v) is 7.31. The highest BCUT2D eigenvalue weighted by Gasteiger charge is 2.20. The minimum absolute atomic E-state index is 0.0303. The zero-order valence-corrected chi connectivity index (χ0v) is 20.2. The van der Waals surface area contributed by atoms with Gasteiger partial charge < -0.3 is 5.32 Å². The number of benzene rings is 3. The average Bonchev–Trinajstić information content (AvgIpc) is 3.24. The molecule has 0 saturated carbocycles. The summed E-state index contributed by atoms with van der Waals surface area (Å²) in [6, 6.07) is 19.4. The molecule has 0 saturated heterocycles. The van der Waals surface area contributed by atoms with Crippen molar-refractivity contribution in [2.45, 2.75) is 11.4 Å². The maximum absolute atomic E-state index is 13.5. The van der Waals surface area contributed by atoms with Crippen molar-refractivity contribution in [1.29, 1.82) is 0 Å². The van der Waals surface area contributed by atoms with Gasteiger partial charge in [-0.2, -0.15) is 0 Å². The van der Waals surface area contributed by atoms with Crippen molar-refractivity contribution in [2.75, 3.05) is 0 Å². The van der Waals surface area contributed by atoms with Crippen LogP contribution >= 0.6 is 27.3 Å². The maximum Gasteiger partial charge on any atom is 0.280 e. The monoisotopic (exact) mass is 545 g/mol. The molecule has 0 aliphatic carbocycles. The first kappa shape index (κ1) is 23.2. The van der Waals surface area contributed by atoms with Gasteiger partial charge >= 0.3 is 0 Å². The summed E-state index contributed by atoms with van der Waals surface area (Å²) in [5, 5.41) is 8.27. The van der Waals surface area contributed by atoms with Crippen LogP contribution in [0.25, 0.3) is 21.7 Å². The van der Waals surface area contributed by atoms with Crippen LogP contribution in [0.5, 0.6) is 0 Å². The topological polar surface area (TPSA) is 102 Å². The molecule has 1 heterocycles. The molecule has 10 heteroatoms. The fraction of sp³-hybridized carbons (Fsp3) is 0.0435. The van der Waals surface area contributed by atoms with Gasteiger partial charge in [-0.05, 0) is 47.5 Å². The fourth-order valence-electron chi connectivity index (χ4n) is 3.07. The lowest BCUT2D eigenvalue weighted by atomic mass is 10.1. The Labute approximate surface area is 202 Å². The van der Waals surface area contributed by atoms with E-state index in [1.165, 1.54) is 35.6 Å². The molecule has 1 amide bonds. The lowest BCUT2D eigenvalue weighted by molar-refractivity contribution is 0.0950. The molecule has 0 fully saturated rings. The maximum atomic E-state index is 13.5. The molecule has 33 heavy (non-hydrogen) atoms. The van der Waals surface area contributed by atoms with E-state index in [0.29, 0.717) is 28.2 Å². The molecule has 3 aromatic carbocycles. The molecule has 0 bridgehead atoms. The van der Waals surface area contributed by atoms with Gasteiger partial charge in [-0.25, -0.2) is 22.9 Å². The van der Waals surface area contributed by atoms with Crippen LogP contribution in [0.3, 0.4) is 0 Å². The highest BCUT2D eigenvalue weighted by atomic mass is 79.9. The molecular formula is C23H17BrFN3O3S2. The smallest absolute Gasteiger partial charge is 0.280 e. The van der Waals surface area contributed by atoms with Gasteiger partial charge in [0.15, 0.2) is 5.01 Å². The van der Waals surface area contributed by atoms with Gasteiger partial charge in [0, 0.05) is 16.6 Å². The Hall–Kier alpha value is -2.92. The lowest BCUT2D eigenvalue weighted by Crippen LogP contribution is -2.22. The second-order valence-electron chi connectivity index (χ2n) is 7.08. The molecule has 4 rings (SSSR count). The average molecular weight is 546 g/mol. The molecule has 6 nitrogen and oxygen atoms in total. The summed E-state index contributed by atoms with van der Waals surface area (Å²) in [4.78, 5) is 18.0. The molecule has 4 aromatic rings. The number of halogens is 2. The number of thiazole rings is 1. The number of sulfonamides is 1. The molecule has 3 N–H and O–H groups in total. The van der Waals surface area contributed by atoms with Gasteiger partial charge in [0.25, 0.3) is 5.91 Å². The van der Waals surface area contributed by atoms with Gasteiger partial charge in [-0.1, -0.05) is 52.3 Å². The van der Waals surface area contributed by atoms with Crippen LogP contribution in [-0.4, -0.2) is 19.3 Å². The van der Waals surface area contributed by atoms with Crippen molar-refractivity contribution in [3.8, 4) is 21.7 Å². The summed E-state index contributed by atoms with van der Waals surface area (Å²) in [5.74, 6) is -0.728. The van der Waals surface area contributed by atoms with Crippen LogP contribution < -0.4 is 10.5 Å². The van der Waals surface area contributed by atoms with Crippen molar-refractivity contribution >= 4 is 43.2 Å². The van der Waals surface area contributed by atoms with E-state index in [1.807, 2.05) is 24.3 Å². The van der Waals surface area contributed by atoms with E-state index in [1.54, 1.807) is 24.3 Å². The zero-order chi connectivity index (χ0) is 23.6. The van der Waals surface area contributed by atoms with Crippen molar-refractivity contribution in [2.24, 2.45) is 5.14 Å². The van der Waals surface area contributed by atoms with Gasteiger partial charge in [0.2, 0.25) is 10.0 Å². The number of nitrogens with two attached hydrogens (primary N) is 1. The van der Waals surface area contributed by atoms with Crippen molar-refractivity contribution in [3.05, 3.63) is 93.7 Å². The summed E-state index contributed by atoms with van der Waals surface area (Å²) in [5.41, 5.74) is 2.71. The van der Waals surface area contributed by atoms with Gasteiger partial charge in [-0.15, -0.1) is 11.3 Å². The molecule has 0 aliphatic heterocycles. The minimum atomic E-state index is -3.84. The van der Waals surface area contributed by atoms with E-state index in [0.717, 1.165) is 10.0 Å². The lowest BCUT2D eigenvalue weighted by Gasteiger charge is -2.04. The highest BCUT2D eigenvalue weighted by molar-refractivity contribution is 9.10. The number of rotatable bonds is 6. The Morgan fingerprint density at radius 2 is 1.58 bits per heavy atom. The second kappa shape index (κ2) is 9.52. The summed E-state index contributed by atoms with van der Waals surface area (Å²) < 4.78 is 37.5. The number of carbonyl (C=O) groups excluding carboxylic acids is 1. The Morgan fingerprint density at radius 1 is 0.970 bits per heavy atom. The predicted octanol–water partition coefficient (Wildman–Crippen LogP) is 4.96. The first-order valence-corrected chi connectivity index (χ1v) is 12.8. The number of aromatic nitrogens is 1. The van der Waals surface area contributed by atoms with Crippen LogP contribution in [0.15, 0.2) is 82.2 Å². The Morgan fingerprint density at radius 3 is 2.18 bits per heavy atom. The Kier molecular flexibility index (Phi) is 6.71. The van der Waals surface area contributed by atoms with Crippen molar-refractivity contribution in [1.82, 2.24) is 10.3 Å². The van der Waals surface area contributed by atoms with Crippen LogP contribution in [-0.2, 0) is 16.6 Å². The summed E-state index contributed by atoms with van der Waals surface area (Å²) >= 11 is 4.55. The van der Waals surface area contributed by atoms with E-state index in [-0.39, 0.29) is 21.6 Å². The third-order valence-electron chi connectivity index (χ3n) is 4.75. The highest BCUT2D eigenvalue weighted by Crippen LogP contribution is 2.37. The largest absolute Gasteiger partial charge is 0.346 e. The fourth-order valence-corrected chi connectivity index (χ4v) is 4.86. The van der Waals surface area contributed by atoms with Crippen molar-refractivity contribution in [3.63, 3.8) is 0 Å². The predicted molar refractivity (Wildman–Crippen MR) is 130 cm³/mol. The molecule has 0 atom stereocenters. The summed E-state index contributed by atoms with van der Waals surface area (Å²) in [6.07, 6.45) is 0. The number of nitrogens with zero attached hydrogens (tertiary/aromatic N) is 1. The van der Waals surface area contributed by atoms with Crippen molar-refractivity contribution < 1.29 is 17.6 Å². The van der Waals surface area contributed by atoms with E-state index in [9.17, 15) is 17.6 Å². The first-order valence-electron chi connectivity index (χ1n) is 9.63.